The Kier molecular flexibility index (Phi) is 5.15. The van der Waals surface area contributed by atoms with E-state index in [1.54, 1.807) is 12.1 Å². The van der Waals surface area contributed by atoms with Gasteiger partial charge in [0.2, 0.25) is 0 Å². The van der Waals surface area contributed by atoms with Crippen LogP contribution < -0.4 is 5.32 Å². The van der Waals surface area contributed by atoms with Crippen molar-refractivity contribution in [2.24, 2.45) is 5.41 Å². The summed E-state index contributed by atoms with van der Waals surface area (Å²) in [6, 6.07) is 3.32. The molecule has 0 heterocycles. The van der Waals surface area contributed by atoms with Crippen LogP contribution in [0.15, 0.2) is 12.1 Å². The Bertz CT molecular complexity index is 493. The number of benzene rings is 1. The lowest BCUT2D eigenvalue weighted by Crippen LogP contribution is -2.45. The van der Waals surface area contributed by atoms with Gasteiger partial charge in [-0.2, -0.15) is 0 Å². The van der Waals surface area contributed by atoms with Gasteiger partial charge < -0.3 is 5.32 Å². The van der Waals surface area contributed by atoms with Crippen LogP contribution in [-0.2, 0) is 0 Å². The number of carbonyl (C=O) groups excluding carboxylic acids is 1. The molecule has 20 heavy (non-hydrogen) atoms. The van der Waals surface area contributed by atoms with Gasteiger partial charge in [0.15, 0.2) is 0 Å². The molecule has 2 nitrogen and oxygen atoms in total. The topological polar surface area (TPSA) is 29.1 Å². The highest BCUT2D eigenvalue weighted by Gasteiger charge is 2.27. The van der Waals surface area contributed by atoms with E-state index in [9.17, 15) is 4.79 Å². The van der Waals surface area contributed by atoms with E-state index in [0.717, 1.165) is 12.0 Å². The summed E-state index contributed by atoms with van der Waals surface area (Å²) in [6.45, 7) is 12.3. The van der Waals surface area contributed by atoms with Crippen LogP contribution in [-0.4, -0.2) is 11.4 Å². The number of hydrogen-bond acceptors (Lipinski definition) is 1. The number of hydrogen-bond donors (Lipinski definition) is 1. The lowest BCUT2D eigenvalue weighted by atomic mass is 9.81. The fourth-order valence-electron chi connectivity index (χ4n) is 2.53. The third-order valence-corrected chi connectivity index (χ3v) is 3.75. The molecule has 0 bridgehead atoms. The molecule has 4 heteroatoms. The Morgan fingerprint density at radius 3 is 1.95 bits per heavy atom. The van der Waals surface area contributed by atoms with E-state index in [2.05, 4.69) is 26.1 Å². The summed E-state index contributed by atoms with van der Waals surface area (Å²) in [5.74, 6) is -0.150. The van der Waals surface area contributed by atoms with Crippen LogP contribution in [0, 0.1) is 12.3 Å². The highest BCUT2D eigenvalue weighted by atomic mass is 35.5. The molecule has 0 spiro atoms. The average Bonchev–Trinajstić information content (AvgIpc) is 2.20. The predicted octanol–water partition coefficient (Wildman–Crippen LogP) is 5.25. The molecule has 0 unspecified atom stereocenters. The number of carbonyl (C=O) groups is 1. The minimum Gasteiger partial charge on any atom is -0.347 e. The molecule has 0 saturated heterocycles. The molecule has 0 aromatic heterocycles. The second-order valence-corrected chi connectivity index (χ2v) is 7.95. The number of halogens is 2. The van der Waals surface area contributed by atoms with Crippen LogP contribution in [0.3, 0.4) is 0 Å². The third kappa shape index (κ3) is 4.99. The van der Waals surface area contributed by atoms with Crippen molar-refractivity contribution >= 4 is 29.1 Å². The molecular formula is C16H23Cl2NO. The summed E-state index contributed by atoms with van der Waals surface area (Å²) in [4.78, 5) is 12.3. The Morgan fingerprint density at radius 2 is 1.55 bits per heavy atom. The van der Waals surface area contributed by atoms with E-state index in [0.29, 0.717) is 15.6 Å². The van der Waals surface area contributed by atoms with Crippen LogP contribution in [0.1, 0.15) is 57.0 Å². The van der Waals surface area contributed by atoms with Crippen LogP contribution in [0.25, 0.3) is 0 Å². The lowest BCUT2D eigenvalue weighted by molar-refractivity contribution is 0.0891. The molecule has 1 amide bonds. The van der Waals surface area contributed by atoms with Gasteiger partial charge in [0.25, 0.3) is 5.91 Å². The van der Waals surface area contributed by atoms with Crippen molar-refractivity contribution in [3.63, 3.8) is 0 Å². The van der Waals surface area contributed by atoms with Crippen LogP contribution in [0.2, 0.25) is 10.0 Å². The van der Waals surface area contributed by atoms with Gasteiger partial charge in [-0.1, -0.05) is 44.0 Å². The van der Waals surface area contributed by atoms with Gasteiger partial charge in [0.1, 0.15) is 0 Å². The second-order valence-electron chi connectivity index (χ2n) is 7.14. The first-order valence-corrected chi connectivity index (χ1v) is 7.45. The first-order valence-electron chi connectivity index (χ1n) is 6.69. The monoisotopic (exact) mass is 315 g/mol. The van der Waals surface area contributed by atoms with Gasteiger partial charge in [0.05, 0.1) is 0 Å². The number of rotatable bonds is 3. The molecule has 0 aliphatic rings. The maximum Gasteiger partial charge on any atom is 0.251 e. The number of nitrogens with one attached hydrogen (secondary N) is 1. The van der Waals surface area contributed by atoms with Crippen molar-refractivity contribution < 1.29 is 4.79 Å². The van der Waals surface area contributed by atoms with E-state index in [1.165, 1.54) is 0 Å². The van der Waals surface area contributed by atoms with Crippen molar-refractivity contribution in [1.29, 1.82) is 0 Å². The minimum atomic E-state index is -0.292. The summed E-state index contributed by atoms with van der Waals surface area (Å²) in [5, 5.41) is 4.07. The molecule has 0 radical (unpaired) electrons. The quantitative estimate of drug-likeness (QED) is 0.811. The first kappa shape index (κ1) is 17.3. The summed E-state index contributed by atoms with van der Waals surface area (Å²) >= 11 is 12.2. The summed E-state index contributed by atoms with van der Waals surface area (Å²) in [5.41, 5.74) is 1.13. The molecule has 1 N–H and O–H groups in total. The Hall–Kier alpha value is -0.730. The molecule has 1 aromatic rings. The van der Waals surface area contributed by atoms with Crippen molar-refractivity contribution in [3.8, 4) is 0 Å². The zero-order valence-electron chi connectivity index (χ0n) is 13.0. The molecule has 0 aliphatic heterocycles. The van der Waals surface area contributed by atoms with E-state index in [4.69, 9.17) is 23.2 Å². The average molecular weight is 316 g/mol. The fourth-order valence-corrected chi connectivity index (χ4v) is 3.01. The fraction of sp³-hybridized carbons (Fsp3) is 0.562. The minimum absolute atomic E-state index is 0.138. The van der Waals surface area contributed by atoms with E-state index in [1.807, 2.05) is 20.8 Å². The Morgan fingerprint density at radius 1 is 1.10 bits per heavy atom. The highest BCUT2D eigenvalue weighted by molar-refractivity contribution is 6.36. The number of amides is 1. The van der Waals surface area contributed by atoms with Gasteiger partial charge in [-0.3, -0.25) is 4.79 Å². The van der Waals surface area contributed by atoms with Crippen molar-refractivity contribution in [3.05, 3.63) is 33.3 Å². The smallest absolute Gasteiger partial charge is 0.251 e. The van der Waals surface area contributed by atoms with E-state index < -0.39 is 0 Å². The van der Waals surface area contributed by atoms with Gasteiger partial charge in [-0.25, -0.2) is 0 Å². The normalized spacial score (nSPS) is 12.4. The molecule has 0 fully saturated rings. The molecular weight excluding hydrogens is 293 g/mol. The van der Waals surface area contributed by atoms with Crippen LogP contribution >= 0.6 is 23.2 Å². The second kappa shape index (κ2) is 5.95. The maximum absolute atomic E-state index is 12.3. The molecule has 1 aromatic carbocycles. The Labute approximate surface area is 131 Å². The molecule has 1 rings (SSSR count). The third-order valence-electron chi connectivity index (χ3n) is 2.97. The van der Waals surface area contributed by atoms with Gasteiger partial charge in [-0.15, -0.1) is 0 Å². The summed E-state index contributed by atoms with van der Waals surface area (Å²) < 4.78 is 0. The summed E-state index contributed by atoms with van der Waals surface area (Å²) in [7, 11) is 0. The van der Waals surface area contributed by atoms with Gasteiger partial charge in [-0.05, 0) is 50.3 Å². The molecule has 0 saturated carbocycles. The zero-order valence-corrected chi connectivity index (χ0v) is 14.5. The van der Waals surface area contributed by atoms with E-state index >= 15 is 0 Å². The van der Waals surface area contributed by atoms with Crippen molar-refractivity contribution in [2.75, 3.05) is 0 Å². The highest BCUT2D eigenvalue weighted by Crippen LogP contribution is 2.28. The van der Waals surface area contributed by atoms with E-state index in [-0.39, 0.29) is 16.9 Å². The molecule has 112 valence electrons. The lowest BCUT2D eigenvalue weighted by Gasteiger charge is -2.33. The maximum atomic E-state index is 12.3. The van der Waals surface area contributed by atoms with Gasteiger partial charge >= 0.3 is 0 Å². The van der Waals surface area contributed by atoms with Crippen LogP contribution in [0.5, 0.6) is 0 Å². The van der Waals surface area contributed by atoms with Crippen LogP contribution in [0.4, 0.5) is 0 Å². The summed E-state index contributed by atoms with van der Waals surface area (Å²) in [6.07, 6.45) is 0.874. The largest absolute Gasteiger partial charge is 0.347 e. The standard InChI is InChI=1S/C16H23Cl2NO/c1-10-12(17)7-11(8-13(10)18)14(20)19-16(5,6)9-15(2,3)4/h7-8H,9H2,1-6H3,(H,19,20). The predicted molar refractivity (Wildman–Crippen MR) is 86.8 cm³/mol. The van der Waals surface area contributed by atoms with Gasteiger partial charge in [0, 0.05) is 21.1 Å². The first-order chi connectivity index (χ1) is 8.91. The molecule has 0 aliphatic carbocycles. The molecule has 0 atom stereocenters. The zero-order chi connectivity index (χ0) is 15.7. The SMILES string of the molecule is Cc1c(Cl)cc(C(=O)NC(C)(C)CC(C)(C)C)cc1Cl. The Balaban J connectivity index is 2.92. The van der Waals surface area contributed by atoms with Crippen molar-refractivity contribution in [1.82, 2.24) is 5.32 Å². The van der Waals surface area contributed by atoms with Crippen molar-refractivity contribution in [2.45, 2.75) is 53.5 Å².